The Bertz CT molecular complexity index is 351. The first-order valence-electron chi connectivity index (χ1n) is 5.66. The van der Waals surface area contributed by atoms with Crippen molar-refractivity contribution in [3.8, 4) is 5.75 Å². The molecule has 0 spiro atoms. The Morgan fingerprint density at radius 1 is 1.31 bits per heavy atom. The molecule has 0 unspecified atom stereocenters. The zero-order chi connectivity index (χ0) is 11.4. The van der Waals surface area contributed by atoms with Crippen LogP contribution in [0.25, 0.3) is 0 Å². The summed E-state index contributed by atoms with van der Waals surface area (Å²) >= 11 is 0. The van der Waals surface area contributed by atoms with Crippen LogP contribution in [0.15, 0.2) is 18.2 Å². The molecule has 2 rings (SSSR count). The second-order valence-corrected chi connectivity index (χ2v) is 4.09. The van der Waals surface area contributed by atoms with E-state index in [1.165, 1.54) is 18.9 Å². The molecule has 0 amide bonds. The molecule has 0 aliphatic carbocycles. The van der Waals surface area contributed by atoms with Gasteiger partial charge in [0.1, 0.15) is 6.61 Å². The Morgan fingerprint density at radius 3 is 2.75 bits per heavy atom. The van der Waals surface area contributed by atoms with E-state index in [-0.39, 0.29) is 11.6 Å². The van der Waals surface area contributed by atoms with Gasteiger partial charge in [0.25, 0.3) is 0 Å². The number of rotatable bonds is 4. The maximum Gasteiger partial charge on any atom is 0.167 e. The minimum Gasteiger partial charge on any atom is -0.489 e. The first kappa shape index (κ1) is 11.2. The van der Waals surface area contributed by atoms with E-state index >= 15 is 0 Å². The summed E-state index contributed by atoms with van der Waals surface area (Å²) in [5.41, 5.74) is 5.87. The quantitative estimate of drug-likeness (QED) is 0.794. The van der Waals surface area contributed by atoms with Crippen molar-refractivity contribution < 1.29 is 9.13 Å². The van der Waals surface area contributed by atoms with E-state index in [1.807, 2.05) is 0 Å². The maximum atomic E-state index is 13.3. The minimum atomic E-state index is -0.388. The van der Waals surface area contributed by atoms with Crippen molar-refractivity contribution in [2.24, 2.45) is 0 Å². The molecule has 0 atom stereocenters. The molecule has 1 heterocycles. The summed E-state index contributed by atoms with van der Waals surface area (Å²) in [4.78, 5) is 2.33. The summed E-state index contributed by atoms with van der Waals surface area (Å²) in [6.45, 7) is 3.66. The zero-order valence-corrected chi connectivity index (χ0v) is 9.29. The molecule has 1 aliphatic heterocycles. The fraction of sp³-hybridized carbons (Fsp3) is 0.500. The SMILES string of the molecule is Nc1ccc(OCCN2CCCC2)c(F)c1. The number of anilines is 1. The lowest BCUT2D eigenvalue weighted by Gasteiger charge is -2.15. The summed E-state index contributed by atoms with van der Waals surface area (Å²) in [5, 5.41) is 0. The van der Waals surface area contributed by atoms with Gasteiger partial charge in [-0.3, -0.25) is 4.90 Å². The molecule has 0 bridgehead atoms. The normalized spacial score (nSPS) is 16.6. The van der Waals surface area contributed by atoms with E-state index in [0.717, 1.165) is 19.6 Å². The van der Waals surface area contributed by atoms with Crippen molar-refractivity contribution in [3.63, 3.8) is 0 Å². The lowest BCUT2D eigenvalue weighted by atomic mass is 10.3. The standard InChI is InChI=1S/C12H17FN2O/c13-11-9-10(14)3-4-12(11)16-8-7-15-5-1-2-6-15/h3-4,9H,1-2,5-8,14H2. The number of hydrogen-bond donors (Lipinski definition) is 1. The smallest absolute Gasteiger partial charge is 0.167 e. The lowest BCUT2D eigenvalue weighted by Crippen LogP contribution is -2.25. The van der Waals surface area contributed by atoms with Gasteiger partial charge in [-0.05, 0) is 38.1 Å². The Hall–Kier alpha value is -1.29. The van der Waals surface area contributed by atoms with E-state index in [2.05, 4.69) is 4.90 Å². The van der Waals surface area contributed by atoms with Crippen molar-refractivity contribution in [2.45, 2.75) is 12.8 Å². The molecule has 0 radical (unpaired) electrons. The highest BCUT2D eigenvalue weighted by molar-refractivity contribution is 5.42. The number of nitrogen functional groups attached to an aromatic ring is 1. The second kappa shape index (κ2) is 5.16. The van der Waals surface area contributed by atoms with Gasteiger partial charge in [0, 0.05) is 18.3 Å². The van der Waals surface area contributed by atoms with Gasteiger partial charge < -0.3 is 10.5 Å². The molecule has 1 aromatic rings. The van der Waals surface area contributed by atoms with E-state index in [4.69, 9.17) is 10.5 Å². The largest absolute Gasteiger partial charge is 0.489 e. The number of halogens is 1. The summed E-state index contributed by atoms with van der Waals surface area (Å²) in [6, 6.07) is 4.51. The third-order valence-electron chi connectivity index (χ3n) is 2.82. The molecular weight excluding hydrogens is 207 g/mol. The van der Waals surface area contributed by atoms with Crippen LogP contribution < -0.4 is 10.5 Å². The minimum absolute atomic E-state index is 0.286. The van der Waals surface area contributed by atoms with Gasteiger partial charge in [0.05, 0.1) is 0 Å². The average molecular weight is 224 g/mol. The molecule has 1 saturated heterocycles. The van der Waals surface area contributed by atoms with Crippen LogP contribution in [-0.4, -0.2) is 31.1 Å². The molecular formula is C12H17FN2O. The van der Waals surface area contributed by atoms with Crippen LogP contribution in [0.1, 0.15) is 12.8 Å². The lowest BCUT2D eigenvalue weighted by molar-refractivity contribution is 0.231. The Balaban J connectivity index is 1.80. The highest BCUT2D eigenvalue weighted by atomic mass is 19.1. The molecule has 1 aliphatic rings. The summed E-state index contributed by atoms with van der Waals surface area (Å²) in [7, 11) is 0. The van der Waals surface area contributed by atoms with Gasteiger partial charge in [0.15, 0.2) is 11.6 Å². The monoisotopic (exact) mass is 224 g/mol. The Morgan fingerprint density at radius 2 is 2.06 bits per heavy atom. The topological polar surface area (TPSA) is 38.5 Å². The predicted molar refractivity (Wildman–Crippen MR) is 62.0 cm³/mol. The molecule has 1 aromatic carbocycles. The second-order valence-electron chi connectivity index (χ2n) is 4.09. The van der Waals surface area contributed by atoms with Crippen molar-refractivity contribution in [3.05, 3.63) is 24.0 Å². The van der Waals surface area contributed by atoms with Crippen molar-refractivity contribution in [1.29, 1.82) is 0 Å². The van der Waals surface area contributed by atoms with Crippen molar-refractivity contribution in [2.75, 3.05) is 32.0 Å². The summed E-state index contributed by atoms with van der Waals surface area (Å²) in [6.07, 6.45) is 2.52. The van der Waals surface area contributed by atoms with Crippen LogP contribution in [0.4, 0.5) is 10.1 Å². The van der Waals surface area contributed by atoms with Gasteiger partial charge in [-0.25, -0.2) is 4.39 Å². The van der Waals surface area contributed by atoms with Crippen LogP contribution in [-0.2, 0) is 0 Å². The summed E-state index contributed by atoms with van der Waals surface area (Å²) < 4.78 is 18.7. The number of ether oxygens (including phenoxy) is 1. The highest BCUT2D eigenvalue weighted by Gasteiger charge is 2.11. The number of hydrogen-bond acceptors (Lipinski definition) is 3. The number of benzene rings is 1. The van der Waals surface area contributed by atoms with Crippen molar-refractivity contribution >= 4 is 5.69 Å². The van der Waals surface area contributed by atoms with Crippen LogP contribution in [0.5, 0.6) is 5.75 Å². The number of likely N-dealkylation sites (tertiary alicyclic amines) is 1. The van der Waals surface area contributed by atoms with Crippen LogP contribution >= 0.6 is 0 Å². The molecule has 1 fully saturated rings. The molecule has 4 heteroatoms. The van der Waals surface area contributed by atoms with E-state index in [0.29, 0.717) is 12.3 Å². The van der Waals surface area contributed by atoms with Gasteiger partial charge in [0.2, 0.25) is 0 Å². The van der Waals surface area contributed by atoms with Crippen LogP contribution in [0.3, 0.4) is 0 Å². The number of nitrogens with zero attached hydrogens (tertiary/aromatic N) is 1. The van der Waals surface area contributed by atoms with Crippen LogP contribution in [0, 0.1) is 5.82 Å². The molecule has 3 nitrogen and oxygen atoms in total. The molecule has 2 N–H and O–H groups in total. The molecule has 0 saturated carbocycles. The number of nitrogens with two attached hydrogens (primary N) is 1. The molecule has 88 valence electrons. The van der Waals surface area contributed by atoms with Gasteiger partial charge in [-0.2, -0.15) is 0 Å². The van der Waals surface area contributed by atoms with Crippen molar-refractivity contribution in [1.82, 2.24) is 4.90 Å². The van der Waals surface area contributed by atoms with Gasteiger partial charge in [-0.15, -0.1) is 0 Å². The van der Waals surface area contributed by atoms with Gasteiger partial charge in [-0.1, -0.05) is 0 Å². The van der Waals surface area contributed by atoms with E-state index < -0.39 is 0 Å². The fourth-order valence-corrected chi connectivity index (χ4v) is 1.93. The van der Waals surface area contributed by atoms with E-state index in [9.17, 15) is 4.39 Å². The summed E-state index contributed by atoms with van der Waals surface area (Å²) in [5.74, 6) is -0.102. The zero-order valence-electron chi connectivity index (χ0n) is 9.29. The van der Waals surface area contributed by atoms with Gasteiger partial charge >= 0.3 is 0 Å². The fourth-order valence-electron chi connectivity index (χ4n) is 1.93. The predicted octanol–water partition coefficient (Wildman–Crippen LogP) is 1.88. The third kappa shape index (κ3) is 2.85. The maximum absolute atomic E-state index is 13.3. The highest BCUT2D eigenvalue weighted by Crippen LogP contribution is 2.19. The molecule has 16 heavy (non-hydrogen) atoms. The third-order valence-corrected chi connectivity index (χ3v) is 2.82. The first-order chi connectivity index (χ1) is 7.75. The van der Waals surface area contributed by atoms with E-state index in [1.54, 1.807) is 12.1 Å². The molecule has 0 aromatic heterocycles. The van der Waals surface area contributed by atoms with Crippen LogP contribution in [0.2, 0.25) is 0 Å². The Labute approximate surface area is 95.0 Å². The average Bonchev–Trinajstić information content (AvgIpc) is 2.74. The first-order valence-corrected chi connectivity index (χ1v) is 5.66. The Kier molecular flexibility index (Phi) is 3.62.